The first-order valence-electron chi connectivity index (χ1n) is 5.49. The lowest BCUT2D eigenvalue weighted by molar-refractivity contribution is -0.380. The van der Waals surface area contributed by atoms with Gasteiger partial charge in [0.2, 0.25) is 0 Å². The highest BCUT2D eigenvalue weighted by Crippen LogP contribution is 2.25. The van der Waals surface area contributed by atoms with Crippen LogP contribution in [0.1, 0.15) is 26.3 Å². The molecule has 6 nitrogen and oxygen atoms in total. The molecule has 0 unspecified atom stereocenters. The van der Waals surface area contributed by atoms with E-state index in [1.54, 1.807) is 24.1 Å². The van der Waals surface area contributed by atoms with Gasteiger partial charge in [-0.25, -0.2) is 0 Å². The lowest BCUT2D eigenvalue weighted by Gasteiger charge is -2.33. The largest absolute Gasteiger partial charge is 0.480 e. The molecule has 0 fully saturated rings. The van der Waals surface area contributed by atoms with Crippen LogP contribution in [-0.2, 0) is 11.3 Å². The van der Waals surface area contributed by atoms with E-state index >= 15 is 0 Å². The summed E-state index contributed by atoms with van der Waals surface area (Å²) in [6, 6.07) is 1.49. The number of hydrogen-bond acceptors (Lipinski definition) is 5. The summed E-state index contributed by atoms with van der Waals surface area (Å²) in [5.74, 6) is -0.908. The van der Waals surface area contributed by atoms with Crippen molar-refractivity contribution in [3.63, 3.8) is 0 Å². The van der Waals surface area contributed by atoms with Crippen LogP contribution < -0.4 is 0 Å². The van der Waals surface area contributed by atoms with Crippen LogP contribution in [0, 0.1) is 10.1 Å². The third-order valence-corrected chi connectivity index (χ3v) is 3.82. The van der Waals surface area contributed by atoms with E-state index in [0.29, 0.717) is 13.1 Å². The lowest BCUT2D eigenvalue weighted by Crippen LogP contribution is -2.49. The SMILES string of the molecule is CCN(Cc1csc([N+](=O)[O-])c1)C(C)(C)C(=O)O. The molecular formula is C11H16N2O4S. The van der Waals surface area contributed by atoms with Gasteiger partial charge in [0.15, 0.2) is 0 Å². The highest BCUT2D eigenvalue weighted by Gasteiger charge is 2.33. The highest BCUT2D eigenvalue weighted by atomic mass is 32.1. The predicted molar refractivity (Wildman–Crippen MR) is 68.8 cm³/mol. The van der Waals surface area contributed by atoms with Crippen LogP contribution >= 0.6 is 11.3 Å². The number of nitrogens with zero attached hydrogens (tertiary/aromatic N) is 2. The van der Waals surface area contributed by atoms with E-state index in [0.717, 1.165) is 16.9 Å². The maximum absolute atomic E-state index is 11.2. The number of nitro groups is 1. The van der Waals surface area contributed by atoms with Crippen molar-refractivity contribution in [3.05, 3.63) is 27.1 Å². The first-order chi connectivity index (χ1) is 8.28. The second-order valence-electron chi connectivity index (χ2n) is 4.43. The van der Waals surface area contributed by atoms with E-state index in [9.17, 15) is 14.9 Å². The molecule has 1 rings (SSSR count). The fraction of sp³-hybridized carbons (Fsp3) is 0.545. The van der Waals surface area contributed by atoms with E-state index in [1.165, 1.54) is 6.07 Å². The van der Waals surface area contributed by atoms with Gasteiger partial charge in [0, 0.05) is 18.0 Å². The van der Waals surface area contributed by atoms with Gasteiger partial charge in [0.25, 0.3) is 0 Å². The summed E-state index contributed by atoms with van der Waals surface area (Å²) in [7, 11) is 0. The molecule has 0 aliphatic carbocycles. The number of likely N-dealkylation sites (N-methyl/N-ethyl adjacent to an activating group) is 1. The van der Waals surface area contributed by atoms with Crippen LogP contribution in [0.5, 0.6) is 0 Å². The molecule has 7 heteroatoms. The van der Waals surface area contributed by atoms with Gasteiger partial charge in [-0.2, -0.15) is 0 Å². The van der Waals surface area contributed by atoms with Gasteiger partial charge in [-0.3, -0.25) is 19.8 Å². The minimum absolute atomic E-state index is 0.0779. The summed E-state index contributed by atoms with van der Waals surface area (Å²) in [5, 5.41) is 21.5. The Hall–Kier alpha value is -1.47. The Kier molecular flexibility index (Phi) is 4.42. The normalized spacial score (nSPS) is 11.8. The van der Waals surface area contributed by atoms with Crippen LogP contribution in [0.3, 0.4) is 0 Å². The molecule has 1 N–H and O–H groups in total. The van der Waals surface area contributed by atoms with E-state index in [-0.39, 0.29) is 5.00 Å². The van der Waals surface area contributed by atoms with Crippen molar-refractivity contribution in [2.75, 3.05) is 6.54 Å². The smallest absolute Gasteiger partial charge is 0.324 e. The predicted octanol–water partition coefficient (Wildman–Crippen LogP) is 2.34. The summed E-state index contributed by atoms with van der Waals surface area (Å²) in [4.78, 5) is 23.1. The number of carboxylic acid groups (broad SMARTS) is 1. The fourth-order valence-electron chi connectivity index (χ4n) is 1.60. The first-order valence-corrected chi connectivity index (χ1v) is 6.37. The number of rotatable bonds is 6. The molecule has 0 amide bonds. The van der Waals surface area contributed by atoms with Crippen LogP contribution in [0.2, 0.25) is 0 Å². The summed E-state index contributed by atoms with van der Waals surface area (Å²) >= 11 is 1.06. The van der Waals surface area contributed by atoms with E-state index in [1.807, 2.05) is 6.92 Å². The zero-order valence-corrected chi connectivity index (χ0v) is 11.4. The quantitative estimate of drug-likeness (QED) is 0.634. The van der Waals surface area contributed by atoms with Gasteiger partial charge < -0.3 is 5.11 Å². The Morgan fingerprint density at radius 3 is 2.61 bits per heavy atom. The monoisotopic (exact) mass is 272 g/mol. The highest BCUT2D eigenvalue weighted by molar-refractivity contribution is 7.13. The van der Waals surface area contributed by atoms with Crippen LogP contribution in [0.25, 0.3) is 0 Å². The van der Waals surface area contributed by atoms with Crippen molar-refractivity contribution >= 4 is 22.3 Å². The Morgan fingerprint density at radius 2 is 2.22 bits per heavy atom. The van der Waals surface area contributed by atoms with Gasteiger partial charge >= 0.3 is 11.0 Å². The Morgan fingerprint density at radius 1 is 1.61 bits per heavy atom. The number of hydrogen-bond donors (Lipinski definition) is 1. The molecule has 0 saturated heterocycles. The molecule has 0 saturated carbocycles. The molecule has 1 heterocycles. The van der Waals surface area contributed by atoms with Crippen molar-refractivity contribution in [2.24, 2.45) is 0 Å². The zero-order chi connectivity index (χ0) is 13.9. The number of aliphatic carboxylic acids is 1. The molecular weight excluding hydrogens is 256 g/mol. The maximum atomic E-state index is 11.2. The van der Waals surface area contributed by atoms with E-state index in [4.69, 9.17) is 5.11 Å². The number of carbonyl (C=O) groups is 1. The van der Waals surface area contributed by atoms with Crippen molar-refractivity contribution in [3.8, 4) is 0 Å². The molecule has 0 spiro atoms. The molecule has 100 valence electrons. The Labute approximate surface area is 109 Å². The van der Waals surface area contributed by atoms with Gasteiger partial charge in [0.05, 0.1) is 4.92 Å². The van der Waals surface area contributed by atoms with Crippen molar-refractivity contribution in [2.45, 2.75) is 32.9 Å². The molecule has 0 aromatic carbocycles. The Balaban J connectivity index is 2.86. The Bertz CT molecular complexity index is 456. The molecule has 1 aromatic rings. The molecule has 0 aliphatic heterocycles. The molecule has 0 atom stereocenters. The molecule has 0 radical (unpaired) electrons. The second-order valence-corrected chi connectivity index (χ2v) is 5.32. The van der Waals surface area contributed by atoms with Gasteiger partial charge in [-0.15, -0.1) is 0 Å². The molecule has 0 bridgehead atoms. The average molecular weight is 272 g/mol. The second kappa shape index (κ2) is 5.45. The average Bonchev–Trinajstić information content (AvgIpc) is 2.73. The number of carboxylic acids is 1. The maximum Gasteiger partial charge on any atom is 0.324 e. The standard InChI is InChI=1S/C11H16N2O4S/c1-4-12(11(2,3)10(14)15)6-8-5-9(13(16)17)18-7-8/h5,7H,4,6H2,1-3H3,(H,14,15). The summed E-state index contributed by atoms with van der Waals surface area (Å²) < 4.78 is 0. The van der Waals surface area contributed by atoms with Gasteiger partial charge in [-0.1, -0.05) is 18.3 Å². The minimum Gasteiger partial charge on any atom is -0.480 e. The lowest BCUT2D eigenvalue weighted by atomic mass is 10.0. The van der Waals surface area contributed by atoms with Crippen LogP contribution in [0.15, 0.2) is 11.4 Å². The van der Waals surface area contributed by atoms with E-state index < -0.39 is 16.4 Å². The molecule has 0 aliphatic rings. The summed E-state index contributed by atoms with van der Waals surface area (Å²) in [6.07, 6.45) is 0. The summed E-state index contributed by atoms with van der Waals surface area (Å²) in [5.41, 5.74) is -0.228. The van der Waals surface area contributed by atoms with E-state index in [2.05, 4.69) is 0 Å². The zero-order valence-electron chi connectivity index (χ0n) is 10.5. The summed E-state index contributed by atoms with van der Waals surface area (Å²) in [6.45, 7) is 6.06. The van der Waals surface area contributed by atoms with Crippen molar-refractivity contribution < 1.29 is 14.8 Å². The third-order valence-electron chi connectivity index (χ3n) is 2.89. The minimum atomic E-state index is -0.995. The van der Waals surface area contributed by atoms with Crippen LogP contribution in [-0.4, -0.2) is 33.0 Å². The van der Waals surface area contributed by atoms with Crippen molar-refractivity contribution in [1.82, 2.24) is 4.90 Å². The van der Waals surface area contributed by atoms with Gasteiger partial charge in [-0.05, 0) is 26.0 Å². The van der Waals surface area contributed by atoms with Gasteiger partial charge in [0.1, 0.15) is 5.54 Å². The van der Waals surface area contributed by atoms with Crippen molar-refractivity contribution in [1.29, 1.82) is 0 Å². The topological polar surface area (TPSA) is 83.7 Å². The molecule has 18 heavy (non-hydrogen) atoms. The molecule has 1 aromatic heterocycles. The van der Waals surface area contributed by atoms with Crippen LogP contribution in [0.4, 0.5) is 5.00 Å². The first kappa shape index (κ1) is 14.6. The number of thiophene rings is 1. The third kappa shape index (κ3) is 3.05. The fourth-order valence-corrected chi connectivity index (χ4v) is 2.32.